The van der Waals surface area contributed by atoms with Gasteiger partial charge in [0.05, 0.1) is 19.8 Å². The number of unbranched alkanes of at least 4 members (excludes halogenated alkanes) is 3. The summed E-state index contributed by atoms with van der Waals surface area (Å²) in [4.78, 5) is 37.6. The van der Waals surface area contributed by atoms with E-state index in [0.717, 1.165) is 83.6 Å². The first-order valence-corrected chi connectivity index (χ1v) is 15.5. The van der Waals surface area contributed by atoms with Crippen LogP contribution in [0.4, 0.5) is 9.59 Å². The van der Waals surface area contributed by atoms with Crippen molar-refractivity contribution in [3.8, 4) is 0 Å². The molecule has 0 aliphatic heterocycles. The van der Waals surface area contributed by atoms with Crippen LogP contribution in [0.15, 0.2) is 0 Å². The van der Waals surface area contributed by atoms with Crippen LogP contribution in [0, 0.1) is 10.8 Å². The van der Waals surface area contributed by atoms with Gasteiger partial charge in [-0.3, -0.25) is 4.79 Å². The second-order valence-corrected chi connectivity index (χ2v) is 12.7. The van der Waals surface area contributed by atoms with Crippen molar-refractivity contribution < 1.29 is 28.6 Å². The minimum Gasteiger partial charge on any atom is -0.450 e. The predicted octanol–water partition coefficient (Wildman–Crippen LogP) is 6.69. The van der Waals surface area contributed by atoms with Crippen LogP contribution in [-0.4, -0.2) is 76.6 Å². The highest BCUT2D eigenvalue weighted by Gasteiger charge is 2.19. The minimum atomic E-state index is -0.588. The summed E-state index contributed by atoms with van der Waals surface area (Å²) in [7, 11) is 4.16. The zero-order valence-corrected chi connectivity index (χ0v) is 26.8. The average Bonchev–Trinajstić information content (AvgIpc) is 2.88. The van der Waals surface area contributed by atoms with Gasteiger partial charge in [0.2, 0.25) is 5.91 Å². The molecular weight excluding hydrogens is 510 g/mol. The maximum atomic E-state index is 11.9. The molecule has 0 fully saturated rings. The van der Waals surface area contributed by atoms with Gasteiger partial charge in [0.15, 0.2) is 0 Å². The maximum absolute atomic E-state index is 11.9. The van der Waals surface area contributed by atoms with E-state index < -0.39 is 12.2 Å². The highest BCUT2D eigenvalue weighted by Crippen LogP contribution is 2.28. The average molecular weight is 572 g/mol. The van der Waals surface area contributed by atoms with Crippen molar-refractivity contribution in [3.05, 3.63) is 0 Å². The Morgan fingerprint density at radius 1 is 0.650 bits per heavy atom. The summed E-state index contributed by atoms with van der Waals surface area (Å²) >= 11 is 0. The van der Waals surface area contributed by atoms with Crippen LogP contribution < -0.4 is 10.6 Å². The van der Waals surface area contributed by atoms with E-state index in [4.69, 9.17) is 14.2 Å². The van der Waals surface area contributed by atoms with Crippen LogP contribution in [0.5, 0.6) is 0 Å². The van der Waals surface area contributed by atoms with Crippen LogP contribution in [0.25, 0.3) is 0 Å². The molecule has 236 valence electrons. The Kier molecular flexibility index (Phi) is 21.5. The van der Waals surface area contributed by atoms with Gasteiger partial charge in [0.1, 0.15) is 0 Å². The minimum absolute atomic E-state index is 0.0617. The molecule has 2 amide bonds. The molecule has 2 N–H and O–H groups in total. The predicted molar refractivity (Wildman–Crippen MR) is 161 cm³/mol. The number of amides is 2. The Labute approximate surface area is 244 Å². The van der Waals surface area contributed by atoms with E-state index in [1.54, 1.807) is 0 Å². The van der Waals surface area contributed by atoms with E-state index in [1.807, 2.05) is 0 Å². The van der Waals surface area contributed by atoms with E-state index in [9.17, 15) is 14.4 Å². The number of alkyl carbamates (subject to hydrolysis) is 1. The topological polar surface area (TPSA) is 106 Å². The lowest BCUT2D eigenvalue weighted by Gasteiger charge is -2.26. The van der Waals surface area contributed by atoms with Crippen molar-refractivity contribution in [3.63, 3.8) is 0 Å². The fraction of sp³-hybridized carbons (Fsp3) is 0.903. The van der Waals surface area contributed by atoms with E-state index in [1.165, 1.54) is 0 Å². The molecule has 0 aliphatic carbocycles. The van der Waals surface area contributed by atoms with Crippen molar-refractivity contribution in [2.24, 2.45) is 10.8 Å². The fourth-order valence-electron chi connectivity index (χ4n) is 4.29. The zero-order chi connectivity index (χ0) is 30.3. The Morgan fingerprint density at radius 3 is 1.68 bits per heavy atom. The monoisotopic (exact) mass is 571 g/mol. The maximum Gasteiger partial charge on any atom is 0.508 e. The van der Waals surface area contributed by atoms with Crippen molar-refractivity contribution in [2.45, 2.75) is 118 Å². The van der Waals surface area contributed by atoms with E-state index in [-0.39, 0.29) is 16.7 Å². The fourth-order valence-corrected chi connectivity index (χ4v) is 4.29. The molecule has 0 bridgehead atoms. The van der Waals surface area contributed by atoms with Crippen LogP contribution in [0.3, 0.4) is 0 Å². The van der Waals surface area contributed by atoms with Crippen LogP contribution in [0.2, 0.25) is 0 Å². The SMILES string of the molecule is CCCCCC(=O)NCCCCNC(=O)OCCCC(C)(C)CCCOC(=O)OCCCC(C)(C)CCN(C)C. The number of nitrogens with zero attached hydrogens (tertiary/aromatic N) is 1. The summed E-state index contributed by atoms with van der Waals surface area (Å²) in [6, 6.07) is 0. The number of hydrogen-bond acceptors (Lipinski definition) is 7. The van der Waals surface area contributed by atoms with Gasteiger partial charge < -0.3 is 29.7 Å². The Morgan fingerprint density at radius 2 is 1.15 bits per heavy atom. The molecule has 0 radical (unpaired) electrons. The highest BCUT2D eigenvalue weighted by atomic mass is 16.7. The second kappa shape index (κ2) is 22.6. The van der Waals surface area contributed by atoms with E-state index >= 15 is 0 Å². The largest absolute Gasteiger partial charge is 0.508 e. The molecule has 0 aromatic carbocycles. The van der Waals surface area contributed by atoms with Crippen LogP contribution in [0.1, 0.15) is 118 Å². The number of ether oxygens (including phenoxy) is 3. The van der Waals surface area contributed by atoms with Crippen molar-refractivity contribution in [1.29, 1.82) is 0 Å². The summed E-state index contributed by atoms with van der Waals surface area (Å²) in [5, 5.41) is 5.68. The van der Waals surface area contributed by atoms with Crippen molar-refractivity contribution in [2.75, 3.05) is 53.6 Å². The van der Waals surface area contributed by atoms with Gasteiger partial charge in [-0.1, -0.05) is 47.5 Å². The van der Waals surface area contributed by atoms with Gasteiger partial charge >= 0.3 is 12.2 Å². The molecular formula is C31H61N3O6. The quantitative estimate of drug-likeness (QED) is 0.0982. The first kappa shape index (κ1) is 38.0. The molecule has 0 aliphatic rings. The lowest BCUT2D eigenvalue weighted by Crippen LogP contribution is -2.28. The summed E-state index contributed by atoms with van der Waals surface area (Å²) in [6.07, 6.45) is 10.7. The van der Waals surface area contributed by atoms with E-state index in [0.29, 0.717) is 39.3 Å². The zero-order valence-electron chi connectivity index (χ0n) is 26.8. The summed E-state index contributed by atoms with van der Waals surface area (Å²) in [5.41, 5.74) is 0.290. The van der Waals surface area contributed by atoms with Gasteiger partial charge in [-0.25, -0.2) is 9.59 Å². The van der Waals surface area contributed by atoms with E-state index in [2.05, 4.69) is 64.2 Å². The molecule has 0 saturated heterocycles. The van der Waals surface area contributed by atoms with Gasteiger partial charge in [-0.2, -0.15) is 0 Å². The third-order valence-electron chi connectivity index (χ3n) is 7.10. The number of carbonyl (C=O) groups excluding carboxylic acids is 3. The first-order chi connectivity index (χ1) is 18.9. The lowest BCUT2D eigenvalue weighted by atomic mass is 9.83. The number of hydrogen-bond donors (Lipinski definition) is 2. The first-order valence-electron chi connectivity index (χ1n) is 15.5. The molecule has 0 saturated carbocycles. The van der Waals surface area contributed by atoms with Crippen LogP contribution in [-0.2, 0) is 19.0 Å². The molecule has 9 heteroatoms. The van der Waals surface area contributed by atoms with Crippen molar-refractivity contribution in [1.82, 2.24) is 15.5 Å². The standard InChI is InChI=1S/C31H61N3O6/c1-8-9-10-16-27(35)32-21-11-12-22-33-28(36)38-24-13-17-30(2,3)18-14-25-39-29(37)40-26-15-19-31(4,5)20-23-34(6)7/h8-26H2,1-7H3,(H,32,35)(H,33,36). The lowest BCUT2D eigenvalue weighted by molar-refractivity contribution is -0.121. The molecule has 0 unspecified atom stereocenters. The molecule has 40 heavy (non-hydrogen) atoms. The van der Waals surface area contributed by atoms with Crippen LogP contribution >= 0.6 is 0 Å². The molecule has 0 aromatic heterocycles. The smallest absolute Gasteiger partial charge is 0.450 e. The normalized spacial score (nSPS) is 11.8. The summed E-state index contributed by atoms with van der Waals surface area (Å²) in [5.74, 6) is 0.107. The van der Waals surface area contributed by atoms with Gasteiger partial charge in [-0.15, -0.1) is 0 Å². The Hall–Kier alpha value is -2.03. The third kappa shape index (κ3) is 25.0. The number of rotatable bonds is 24. The van der Waals surface area contributed by atoms with Crippen molar-refractivity contribution >= 4 is 18.2 Å². The van der Waals surface area contributed by atoms with Gasteiger partial charge in [-0.05, 0) is 95.7 Å². The van der Waals surface area contributed by atoms with Gasteiger partial charge in [0.25, 0.3) is 0 Å². The summed E-state index contributed by atoms with van der Waals surface area (Å²) in [6.45, 7) is 14.3. The molecule has 0 heterocycles. The number of carbonyl (C=O) groups is 3. The summed E-state index contributed by atoms with van der Waals surface area (Å²) < 4.78 is 15.7. The third-order valence-corrected chi connectivity index (χ3v) is 7.10. The molecule has 9 nitrogen and oxygen atoms in total. The number of nitrogens with one attached hydrogen (secondary N) is 2. The Bertz CT molecular complexity index is 682. The highest BCUT2D eigenvalue weighted by molar-refractivity contribution is 5.75. The molecule has 0 spiro atoms. The Balaban J connectivity index is 3.72. The molecule has 0 rings (SSSR count). The second-order valence-electron chi connectivity index (χ2n) is 12.7. The van der Waals surface area contributed by atoms with Gasteiger partial charge in [0, 0.05) is 19.5 Å². The molecule has 0 aromatic rings. The molecule has 0 atom stereocenters.